The molecule has 1 aromatic rings. The van der Waals surface area contributed by atoms with Crippen LogP contribution in [0.2, 0.25) is 0 Å². The number of pyridine rings is 1. The summed E-state index contributed by atoms with van der Waals surface area (Å²) in [7, 11) is 0. The first-order valence-electron chi connectivity index (χ1n) is 8.47. The summed E-state index contributed by atoms with van der Waals surface area (Å²) in [6, 6.07) is 5.41. The molecule has 2 fully saturated rings. The van der Waals surface area contributed by atoms with Crippen LogP contribution in [0.1, 0.15) is 44.7 Å². The van der Waals surface area contributed by atoms with E-state index in [0.29, 0.717) is 6.04 Å². The third-order valence-corrected chi connectivity index (χ3v) is 4.87. The van der Waals surface area contributed by atoms with Crippen molar-refractivity contribution in [1.29, 1.82) is 0 Å². The zero-order valence-corrected chi connectivity index (χ0v) is 13.4. The molecule has 2 unspecified atom stereocenters. The third kappa shape index (κ3) is 3.22. The number of nitrogens with zero attached hydrogens (tertiary/aromatic N) is 3. The minimum atomic E-state index is 0.371. The molecule has 2 aliphatic rings. The Balaban J connectivity index is 1.75. The molecule has 3 rings (SSSR count). The predicted octanol–water partition coefficient (Wildman–Crippen LogP) is 2.43. The zero-order chi connectivity index (χ0) is 14.7. The van der Waals surface area contributed by atoms with Gasteiger partial charge in [0.05, 0.1) is 0 Å². The number of rotatable bonds is 5. The molecule has 1 N–H and O–H groups in total. The van der Waals surface area contributed by atoms with Crippen LogP contribution >= 0.6 is 0 Å². The van der Waals surface area contributed by atoms with E-state index >= 15 is 0 Å². The van der Waals surface area contributed by atoms with Crippen molar-refractivity contribution in [2.45, 2.75) is 45.2 Å². The summed E-state index contributed by atoms with van der Waals surface area (Å²) >= 11 is 0. The van der Waals surface area contributed by atoms with Crippen LogP contribution in [0.4, 0.5) is 5.82 Å². The standard InChI is InChI=1S/C17H28N4/c1-3-8-18-14(2)16-7-4-9-19-17(16)21-12-11-20-10-5-6-15(20)13-21/h4,7,9,14-15,18H,3,5-6,8,10-13H2,1-2H3. The largest absolute Gasteiger partial charge is 0.353 e. The summed E-state index contributed by atoms with van der Waals surface area (Å²) in [5, 5.41) is 3.60. The first-order valence-corrected chi connectivity index (χ1v) is 8.47. The Kier molecular flexibility index (Phi) is 4.76. The summed E-state index contributed by atoms with van der Waals surface area (Å²) in [4.78, 5) is 9.87. The zero-order valence-electron chi connectivity index (χ0n) is 13.4. The molecule has 4 heteroatoms. The van der Waals surface area contributed by atoms with Crippen molar-refractivity contribution in [2.24, 2.45) is 0 Å². The minimum Gasteiger partial charge on any atom is -0.353 e. The van der Waals surface area contributed by atoms with Crippen molar-refractivity contribution >= 4 is 5.82 Å². The summed E-state index contributed by atoms with van der Waals surface area (Å²) in [5.41, 5.74) is 1.34. The van der Waals surface area contributed by atoms with Gasteiger partial charge in [-0.2, -0.15) is 0 Å². The van der Waals surface area contributed by atoms with Crippen molar-refractivity contribution in [3.8, 4) is 0 Å². The normalized spacial score (nSPS) is 24.1. The summed E-state index contributed by atoms with van der Waals surface area (Å²) < 4.78 is 0. The highest BCUT2D eigenvalue weighted by Crippen LogP contribution is 2.28. The van der Waals surface area contributed by atoms with Crippen LogP contribution in [0.5, 0.6) is 0 Å². The van der Waals surface area contributed by atoms with Gasteiger partial charge in [0.15, 0.2) is 0 Å². The highest BCUT2D eigenvalue weighted by molar-refractivity contribution is 5.49. The van der Waals surface area contributed by atoms with E-state index in [2.05, 4.69) is 41.1 Å². The smallest absolute Gasteiger partial charge is 0.133 e. The molecular weight excluding hydrogens is 260 g/mol. The fraction of sp³-hybridized carbons (Fsp3) is 0.706. The van der Waals surface area contributed by atoms with Crippen molar-refractivity contribution in [2.75, 3.05) is 37.6 Å². The van der Waals surface area contributed by atoms with Crippen LogP contribution in [-0.4, -0.2) is 48.6 Å². The van der Waals surface area contributed by atoms with Gasteiger partial charge in [0.2, 0.25) is 0 Å². The van der Waals surface area contributed by atoms with E-state index < -0.39 is 0 Å². The van der Waals surface area contributed by atoms with Crippen LogP contribution in [0.3, 0.4) is 0 Å². The monoisotopic (exact) mass is 288 g/mol. The molecular formula is C17H28N4. The molecule has 1 aromatic heterocycles. The highest BCUT2D eigenvalue weighted by Gasteiger charge is 2.32. The van der Waals surface area contributed by atoms with Crippen LogP contribution in [0.25, 0.3) is 0 Å². The van der Waals surface area contributed by atoms with Gasteiger partial charge in [0, 0.05) is 43.5 Å². The van der Waals surface area contributed by atoms with Crippen molar-refractivity contribution < 1.29 is 0 Å². The highest BCUT2D eigenvalue weighted by atomic mass is 15.3. The van der Waals surface area contributed by atoms with E-state index in [4.69, 9.17) is 4.98 Å². The second-order valence-electron chi connectivity index (χ2n) is 6.37. The summed E-state index contributed by atoms with van der Waals surface area (Å²) in [6.45, 7) is 10.3. The van der Waals surface area contributed by atoms with E-state index in [-0.39, 0.29) is 0 Å². The van der Waals surface area contributed by atoms with E-state index in [1.807, 2.05) is 6.20 Å². The number of anilines is 1. The van der Waals surface area contributed by atoms with Crippen molar-refractivity contribution in [3.63, 3.8) is 0 Å². The molecule has 3 heterocycles. The Morgan fingerprint density at radius 1 is 1.38 bits per heavy atom. The van der Waals surface area contributed by atoms with Gasteiger partial charge in [-0.1, -0.05) is 13.0 Å². The van der Waals surface area contributed by atoms with Gasteiger partial charge in [-0.3, -0.25) is 4.90 Å². The number of aromatic nitrogens is 1. The average molecular weight is 288 g/mol. The fourth-order valence-corrected chi connectivity index (χ4v) is 3.67. The maximum atomic E-state index is 4.71. The molecule has 2 atom stereocenters. The molecule has 21 heavy (non-hydrogen) atoms. The number of fused-ring (bicyclic) bond motifs is 1. The number of piperazine rings is 1. The van der Waals surface area contributed by atoms with Crippen molar-refractivity contribution in [3.05, 3.63) is 23.9 Å². The quantitative estimate of drug-likeness (QED) is 0.901. The molecule has 0 amide bonds. The van der Waals surface area contributed by atoms with E-state index in [0.717, 1.165) is 25.7 Å². The Morgan fingerprint density at radius 2 is 2.29 bits per heavy atom. The topological polar surface area (TPSA) is 31.4 Å². The lowest BCUT2D eigenvalue weighted by atomic mass is 10.1. The van der Waals surface area contributed by atoms with Gasteiger partial charge in [-0.15, -0.1) is 0 Å². The van der Waals surface area contributed by atoms with Gasteiger partial charge in [-0.05, 0) is 45.3 Å². The SMILES string of the molecule is CCCNC(C)c1cccnc1N1CCN2CCCC2C1. The van der Waals surface area contributed by atoms with Crippen LogP contribution in [-0.2, 0) is 0 Å². The molecule has 4 nitrogen and oxygen atoms in total. The van der Waals surface area contributed by atoms with Gasteiger partial charge < -0.3 is 10.2 Å². The second kappa shape index (κ2) is 6.75. The number of hydrogen-bond acceptors (Lipinski definition) is 4. The average Bonchev–Trinajstić information content (AvgIpc) is 3.00. The van der Waals surface area contributed by atoms with E-state index in [1.165, 1.54) is 43.7 Å². The van der Waals surface area contributed by atoms with Gasteiger partial charge in [0.25, 0.3) is 0 Å². The van der Waals surface area contributed by atoms with Crippen molar-refractivity contribution in [1.82, 2.24) is 15.2 Å². The Hall–Kier alpha value is -1.13. The van der Waals surface area contributed by atoms with Crippen LogP contribution in [0.15, 0.2) is 18.3 Å². The van der Waals surface area contributed by atoms with Gasteiger partial charge in [-0.25, -0.2) is 4.98 Å². The lowest BCUT2D eigenvalue weighted by molar-refractivity contribution is 0.230. The van der Waals surface area contributed by atoms with Crippen LogP contribution < -0.4 is 10.2 Å². The third-order valence-electron chi connectivity index (χ3n) is 4.87. The molecule has 0 aromatic carbocycles. The number of nitrogens with one attached hydrogen (secondary N) is 1. The summed E-state index contributed by atoms with van der Waals surface area (Å²) in [6.07, 6.45) is 5.82. The van der Waals surface area contributed by atoms with Crippen LogP contribution in [0, 0.1) is 0 Å². The maximum absolute atomic E-state index is 4.71. The molecule has 2 aliphatic heterocycles. The summed E-state index contributed by atoms with van der Waals surface area (Å²) in [5.74, 6) is 1.19. The van der Waals surface area contributed by atoms with E-state index in [9.17, 15) is 0 Å². The fourth-order valence-electron chi connectivity index (χ4n) is 3.67. The number of hydrogen-bond donors (Lipinski definition) is 1. The molecule has 2 saturated heterocycles. The molecule has 0 spiro atoms. The molecule has 0 saturated carbocycles. The first kappa shape index (κ1) is 14.8. The molecule has 0 aliphatic carbocycles. The Labute approximate surface area is 128 Å². The predicted molar refractivity (Wildman–Crippen MR) is 87.8 cm³/mol. The maximum Gasteiger partial charge on any atom is 0.133 e. The minimum absolute atomic E-state index is 0.371. The molecule has 0 bridgehead atoms. The Morgan fingerprint density at radius 3 is 3.14 bits per heavy atom. The van der Waals surface area contributed by atoms with Gasteiger partial charge in [0.1, 0.15) is 5.82 Å². The lowest BCUT2D eigenvalue weighted by Crippen LogP contribution is -2.50. The molecule has 116 valence electrons. The van der Waals surface area contributed by atoms with E-state index in [1.54, 1.807) is 0 Å². The second-order valence-corrected chi connectivity index (χ2v) is 6.37. The Bertz CT molecular complexity index is 462. The molecule has 0 radical (unpaired) electrons. The first-order chi connectivity index (χ1) is 10.3. The van der Waals surface area contributed by atoms with Gasteiger partial charge >= 0.3 is 0 Å². The lowest BCUT2D eigenvalue weighted by Gasteiger charge is -2.39.